The van der Waals surface area contributed by atoms with E-state index in [0.717, 1.165) is 0 Å². The average Bonchev–Trinajstić information content (AvgIpc) is 2.05. The van der Waals surface area contributed by atoms with E-state index in [1.165, 1.54) is 11.0 Å². The van der Waals surface area contributed by atoms with E-state index in [2.05, 4.69) is 0 Å². The minimum atomic E-state index is -0.218. The summed E-state index contributed by atoms with van der Waals surface area (Å²) in [6.07, 6.45) is 2.43. The van der Waals surface area contributed by atoms with Crippen LogP contribution in [0.4, 0.5) is 4.39 Å². The van der Waals surface area contributed by atoms with Crippen molar-refractivity contribution in [3.05, 3.63) is 11.9 Å². The van der Waals surface area contributed by atoms with E-state index in [9.17, 15) is 9.18 Å². The van der Waals surface area contributed by atoms with E-state index in [1.807, 2.05) is 0 Å². The number of alkyl halides is 1. The first kappa shape index (κ1) is 9.52. The Labute approximate surface area is 76.0 Å². The van der Waals surface area contributed by atoms with Crippen molar-refractivity contribution in [1.29, 1.82) is 0 Å². The van der Waals surface area contributed by atoms with Crippen LogP contribution < -0.4 is 0 Å². The van der Waals surface area contributed by atoms with Crippen LogP contribution in [0, 0.1) is 0 Å². The van der Waals surface area contributed by atoms with Gasteiger partial charge in [0.2, 0.25) is 5.91 Å². The lowest BCUT2D eigenvalue weighted by Crippen LogP contribution is -2.35. The Balaban J connectivity index is 2.43. The molecule has 1 amide bonds. The summed E-state index contributed by atoms with van der Waals surface area (Å²) in [5.41, 5.74) is 0. The lowest BCUT2D eigenvalue weighted by molar-refractivity contribution is -0.130. The molecule has 2 nitrogen and oxygen atoms in total. The number of carbonyl (C=O) groups excluding carboxylic acids is 1. The molecule has 0 aliphatic carbocycles. The van der Waals surface area contributed by atoms with Gasteiger partial charge in [-0.1, -0.05) is 0 Å². The lowest BCUT2D eigenvalue weighted by Gasteiger charge is -2.24. The number of hydrogen-bond acceptors (Lipinski definition) is 1. The Kier molecular flexibility index (Phi) is 3.53. The van der Waals surface area contributed by atoms with Gasteiger partial charge in [0, 0.05) is 18.8 Å². The highest BCUT2D eigenvalue weighted by molar-refractivity contribution is 6.18. The van der Waals surface area contributed by atoms with Gasteiger partial charge in [-0.3, -0.25) is 4.79 Å². The lowest BCUT2D eigenvalue weighted by atomic mass is 10.2. The third kappa shape index (κ3) is 2.48. The molecule has 68 valence electrons. The monoisotopic (exact) mass is 191 g/mol. The third-order valence-electron chi connectivity index (χ3n) is 1.77. The maximum Gasteiger partial charge on any atom is 0.224 e. The van der Waals surface area contributed by atoms with E-state index in [1.54, 1.807) is 0 Å². The van der Waals surface area contributed by atoms with Crippen molar-refractivity contribution in [2.24, 2.45) is 0 Å². The number of amides is 1. The molecule has 1 heterocycles. The molecule has 0 fully saturated rings. The van der Waals surface area contributed by atoms with Gasteiger partial charge in [-0.25, -0.2) is 4.39 Å². The molecular formula is C8H11ClFNO. The molecule has 0 bridgehead atoms. The van der Waals surface area contributed by atoms with Gasteiger partial charge in [0.15, 0.2) is 0 Å². The van der Waals surface area contributed by atoms with Crippen molar-refractivity contribution in [1.82, 2.24) is 4.90 Å². The zero-order chi connectivity index (χ0) is 8.97. The van der Waals surface area contributed by atoms with Crippen molar-refractivity contribution in [2.45, 2.75) is 12.8 Å². The molecule has 0 unspecified atom stereocenters. The second-order valence-corrected chi connectivity index (χ2v) is 3.07. The highest BCUT2D eigenvalue weighted by Crippen LogP contribution is 2.11. The van der Waals surface area contributed by atoms with Crippen molar-refractivity contribution >= 4 is 17.5 Å². The summed E-state index contributed by atoms with van der Waals surface area (Å²) in [5.74, 6) is 0.0261. The maximum atomic E-state index is 12.7. The normalized spacial score (nSPS) is 17.5. The second kappa shape index (κ2) is 4.45. The third-order valence-corrected chi connectivity index (χ3v) is 1.96. The SMILES string of the molecule is O=C(CCCl)N1CCC=C(F)C1. The van der Waals surface area contributed by atoms with Gasteiger partial charge < -0.3 is 4.90 Å². The predicted octanol–water partition coefficient (Wildman–Crippen LogP) is 1.70. The highest BCUT2D eigenvalue weighted by Gasteiger charge is 2.16. The molecule has 0 aromatic carbocycles. The largest absolute Gasteiger partial charge is 0.336 e. The fourth-order valence-corrected chi connectivity index (χ4v) is 1.32. The van der Waals surface area contributed by atoms with Crippen LogP contribution in [0.2, 0.25) is 0 Å². The van der Waals surface area contributed by atoms with Gasteiger partial charge in [0.25, 0.3) is 0 Å². The van der Waals surface area contributed by atoms with Crippen molar-refractivity contribution in [3.8, 4) is 0 Å². The van der Waals surface area contributed by atoms with Crippen LogP contribution in [0.15, 0.2) is 11.9 Å². The van der Waals surface area contributed by atoms with Crippen LogP contribution in [0.25, 0.3) is 0 Å². The summed E-state index contributed by atoms with van der Waals surface area (Å²) in [6.45, 7) is 0.735. The summed E-state index contributed by atoms with van der Waals surface area (Å²) in [5, 5.41) is 0. The smallest absolute Gasteiger partial charge is 0.224 e. The van der Waals surface area contributed by atoms with Crippen LogP contribution in [0.3, 0.4) is 0 Å². The topological polar surface area (TPSA) is 20.3 Å². The molecule has 0 aromatic heterocycles. The molecule has 0 saturated heterocycles. The molecule has 0 aromatic rings. The van der Waals surface area contributed by atoms with Crippen molar-refractivity contribution in [2.75, 3.05) is 19.0 Å². The van der Waals surface area contributed by atoms with E-state index in [-0.39, 0.29) is 18.3 Å². The Morgan fingerprint density at radius 2 is 2.50 bits per heavy atom. The Bertz CT molecular complexity index is 205. The molecule has 1 aliphatic heterocycles. The summed E-state index contributed by atoms with van der Waals surface area (Å²) >= 11 is 5.40. The van der Waals surface area contributed by atoms with Crippen LogP contribution in [-0.4, -0.2) is 29.8 Å². The number of rotatable bonds is 2. The van der Waals surface area contributed by atoms with Gasteiger partial charge >= 0.3 is 0 Å². The molecular weight excluding hydrogens is 181 g/mol. The quantitative estimate of drug-likeness (QED) is 0.609. The van der Waals surface area contributed by atoms with Gasteiger partial charge in [0.05, 0.1) is 6.54 Å². The zero-order valence-corrected chi connectivity index (χ0v) is 7.48. The molecule has 12 heavy (non-hydrogen) atoms. The van der Waals surface area contributed by atoms with Crippen LogP contribution in [0.5, 0.6) is 0 Å². The van der Waals surface area contributed by atoms with Crippen LogP contribution in [0.1, 0.15) is 12.8 Å². The number of carbonyl (C=O) groups is 1. The molecule has 0 saturated carbocycles. The van der Waals surface area contributed by atoms with E-state index < -0.39 is 0 Å². The van der Waals surface area contributed by atoms with E-state index >= 15 is 0 Å². The molecule has 0 N–H and O–H groups in total. The standard InChI is InChI=1S/C8H11ClFNO/c9-4-3-8(12)11-5-1-2-7(10)6-11/h2H,1,3-6H2. The predicted molar refractivity (Wildman–Crippen MR) is 45.7 cm³/mol. The first-order valence-electron chi connectivity index (χ1n) is 3.92. The Morgan fingerprint density at radius 3 is 3.08 bits per heavy atom. The molecule has 1 aliphatic rings. The second-order valence-electron chi connectivity index (χ2n) is 2.69. The van der Waals surface area contributed by atoms with Crippen molar-refractivity contribution in [3.63, 3.8) is 0 Å². The van der Waals surface area contributed by atoms with Gasteiger partial charge in [-0.15, -0.1) is 11.6 Å². The fraction of sp³-hybridized carbons (Fsp3) is 0.625. The van der Waals surface area contributed by atoms with Gasteiger partial charge in [-0.2, -0.15) is 0 Å². The summed E-state index contributed by atoms with van der Waals surface area (Å²) < 4.78 is 12.7. The average molecular weight is 192 g/mol. The van der Waals surface area contributed by atoms with Crippen LogP contribution >= 0.6 is 11.6 Å². The minimum absolute atomic E-state index is 0.0618. The first-order chi connectivity index (χ1) is 5.74. The number of nitrogens with zero attached hydrogens (tertiary/aromatic N) is 1. The molecule has 0 radical (unpaired) electrons. The molecule has 4 heteroatoms. The highest BCUT2D eigenvalue weighted by atomic mass is 35.5. The van der Waals surface area contributed by atoms with Crippen LogP contribution in [-0.2, 0) is 4.79 Å². The maximum absolute atomic E-state index is 12.7. The van der Waals surface area contributed by atoms with E-state index in [4.69, 9.17) is 11.6 Å². The molecule has 1 rings (SSSR count). The molecule has 0 spiro atoms. The summed E-state index contributed by atoms with van der Waals surface area (Å²) in [7, 11) is 0. The van der Waals surface area contributed by atoms with E-state index in [0.29, 0.717) is 25.3 Å². The zero-order valence-electron chi connectivity index (χ0n) is 6.72. The number of halogens is 2. The first-order valence-corrected chi connectivity index (χ1v) is 4.45. The molecule has 0 atom stereocenters. The fourth-order valence-electron chi connectivity index (χ4n) is 1.15. The summed E-state index contributed by atoms with van der Waals surface area (Å²) in [6, 6.07) is 0. The minimum Gasteiger partial charge on any atom is -0.336 e. The van der Waals surface area contributed by atoms with Gasteiger partial charge in [0.1, 0.15) is 5.83 Å². The van der Waals surface area contributed by atoms with Gasteiger partial charge in [-0.05, 0) is 12.5 Å². The summed E-state index contributed by atoms with van der Waals surface area (Å²) in [4.78, 5) is 12.7. The number of hydrogen-bond donors (Lipinski definition) is 0. The Hall–Kier alpha value is -0.570. The van der Waals surface area contributed by atoms with Crippen molar-refractivity contribution < 1.29 is 9.18 Å². The Morgan fingerprint density at radius 1 is 1.75 bits per heavy atom.